The van der Waals surface area contributed by atoms with Crippen molar-refractivity contribution in [1.82, 2.24) is 4.98 Å². The first-order chi connectivity index (χ1) is 7.38. The van der Waals surface area contributed by atoms with Crippen molar-refractivity contribution in [3.63, 3.8) is 0 Å². The van der Waals surface area contributed by atoms with Gasteiger partial charge in [-0.05, 0) is 33.8 Å². The van der Waals surface area contributed by atoms with Gasteiger partial charge in [0.25, 0.3) is 0 Å². The van der Waals surface area contributed by atoms with Gasteiger partial charge in [-0.15, -0.1) is 0 Å². The number of nitrogens with two attached hydrogens (primary N) is 1. The normalized spacial score (nSPS) is 11.5. The average Bonchev–Trinajstić information content (AvgIpc) is 2.13. The number of pyridine rings is 1. The van der Waals surface area contributed by atoms with Gasteiger partial charge >= 0.3 is 5.51 Å². The summed E-state index contributed by atoms with van der Waals surface area (Å²) >= 11 is 3.10. The quantitative estimate of drug-likeness (QED) is 0.838. The lowest BCUT2D eigenvalue weighted by Crippen LogP contribution is -2.11. The summed E-state index contributed by atoms with van der Waals surface area (Å²) in [4.78, 5) is 3.94. The van der Waals surface area contributed by atoms with Crippen molar-refractivity contribution in [2.24, 2.45) is 0 Å². The molecule has 0 aliphatic carbocycles. The molecular weight excluding hydrogens is 307 g/mol. The van der Waals surface area contributed by atoms with E-state index >= 15 is 0 Å². The van der Waals surface area contributed by atoms with Crippen molar-refractivity contribution in [3.8, 4) is 0 Å². The number of alkyl halides is 3. The lowest BCUT2D eigenvalue weighted by atomic mass is 10.4. The maximum atomic E-state index is 11.8. The van der Waals surface area contributed by atoms with E-state index in [0.717, 1.165) is 4.47 Å². The van der Waals surface area contributed by atoms with Crippen molar-refractivity contribution in [3.05, 3.63) is 16.7 Å². The van der Waals surface area contributed by atoms with Gasteiger partial charge in [0.15, 0.2) is 0 Å². The van der Waals surface area contributed by atoms with E-state index in [2.05, 4.69) is 26.2 Å². The van der Waals surface area contributed by atoms with E-state index in [0.29, 0.717) is 11.5 Å². The van der Waals surface area contributed by atoms with Gasteiger partial charge in [-0.1, -0.05) is 0 Å². The Morgan fingerprint density at radius 1 is 1.50 bits per heavy atom. The maximum Gasteiger partial charge on any atom is 0.441 e. The first-order valence-corrected chi connectivity index (χ1v) is 6.02. The largest absolute Gasteiger partial charge is 0.441 e. The van der Waals surface area contributed by atoms with E-state index in [1.165, 1.54) is 6.20 Å². The summed E-state index contributed by atoms with van der Waals surface area (Å²) in [6.07, 6.45) is 1.52. The highest BCUT2D eigenvalue weighted by molar-refractivity contribution is 9.10. The highest BCUT2D eigenvalue weighted by atomic mass is 79.9. The van der Waals surface area contributed by atoms with Gasteiger partial charge < -0.3 is 11.1 Å². The fraction of sp³-hybridized carbons (Fsp3) is 0.375. The topological polar surface area (TPSA) is 50.9 Å². The molecule has 0 aromatic carbocycles. The smallest absolute Gasteiger partial charge is 0.396 e. The van der Waals surface area contributed by atoms with Gasteiger partial charge in [-0.25, -0.2) is 4.98 Å². The molecule has 1 aromatic heterocycles. The van der Waals surface area contributed by atoms with Crippen LogP contribution in [0.3, 0.4) is 0 Å². The Labute approximate surface area is 103 Å². The number of nitrogens with one attached hydrogen (secondary N) is 1. The number of nitrogens with zero attached hydrogens (tertiary/aromatic N) is 1. The minimum absolute atomic E-state index is 0.0785. The fourth-order valence-electron chi connectivity index (χ4n) is 0.939. The standard InChI is InChI=1S/C8H9BrF3N3S/c9-5-3-6(13)7(15-4-5)14-1-2-16-8(10,11)12/h3-4H,1-2,13H2,(H,14,15). The molecule has 0 fully saturated rings. The summed E-state index contributed by atoms with van der Waals surface area (Å²) in [6.45, 7) is 0.156. The van der Waals surface area contributed by atoms with E-state index in [9.17, 15) is 13.2 Å². The molecular formula is C8H9BrF3N3S. The number of rotatable bonds is 4. The van der Waals surface area contributed by atoms with Crippen molar-refractivity contribution in [2.45, 2.75) is 5.51 Å². The van der Waals surface area contributed by atoms with Crippen LogP contribution in [0.25, 0.3) is 0 Å². The van der Waals surface area contributed by atoms with Crippen LogP contribution in [0.5, 0.6) is 0 Å². The molecule has 3 nitrogen and oxygen atoms in total. The third-order valence-corrected chi connectivity index (χ3v) is 2.71. The van der Waals surface area contributed by atoms with Crippen molar-refractivity contribution < 1.29 is 13.2 Å². The minimum atomic E-state index is -4.19. The van der Waals surface area contributed by atoms with Gasteiger partial charge in [-0.3, -0.25) is 0 Å². The Morgan fingerprint density at radius 2 is 2.19 bits per heavy atom. The van der Waals surface area contributed by atoms with Crippen LogP contribution in [-0.4, -0.2) is 22.8 Å². The number of hydrogen-bond donors (Lipinski definition) is 2. The summed E-state index contributed by atoms with van der Waals surface area (Å²) < 4.78 is 36.1. The molecule has 1 aromatic rings. The van der Waals surface area contributed by atoms with Gasteiger partial charge in [0, 0.05) is 23.0 Å². The van der Waals surface area contributed by atoms with Crippen LogP contribution in [0.2, 0.25) is 0 Å². The zero-order valence-corrected chi connectivity index (χ0v) is 10.4. The highest BCUT2D eigenvalue weighted by Crippen LogP contribution is 2.29. The number of hydrogen-bond acceptors (Lipinski definition) is 4. The lowest BCUT2D eigenvalue weighted by molar-refractivity contribution is -0.0327. The van der Waals surface area contributed by atoms with Gasteiger partial charge in [0.1, 0.15) is 5.82 Å². The Morgan fingerprint density at radius 3 is 2.75 bits per heavy atom. The molecule has 1 heterocycles. The van der Waals surface area contributed by atoms with Crippen LogP contribution in [0.15, 0.2) is 16.7 Å². The van der Waals surface area contributed by atoms with E-state index in [1.807, 2.05) is 0 Å². The third-order valence-electron chi connectivity index (χ3n) is 1.54. The van der Waals surface area contributed by atoms with E-state index < -0.39 is 5.51 Å². The summed E-state index contributed by atoms with van der Waals surface area (Å²) in [7, 11) is 0. The Hall–Kier alpha value is -0.630. The van der Waals surface area contributed by atoms with Gasteiger partial charge in [0.2, 0.25) is 0 Å². The van der Waals surface area contributed by atoms with Gasteiger partial charge in [0.05, 0.1) is 5.69 Å². The zero-order valence-electron chi connectivity index (χ0n) is 8.01. The molecule has 0 spiro atoms. The van der Waals surface area contributed by atoms with Crippen LogP contribution in [0, 0.1) is 0 Å². The second kappa shape index (κ2) is 5.62. The molecule has 8 heteroatoms. The number of nitrogen functional groups attached to an aromatic ring is 1. The van der Waals surface area contributed by atoms with Crippen LogP contribution in [0.1, 0.15) is 0 Å². The number of aromatic nitrogens is 1. The summed E-state index contributed by atoms with van der Waals surface area (Å²) in [5, 5.41) is 2.73. The second-order valence-electron chi connectivity index (χ2n) is 2.81. The maximum absolute atomic E-state index is 11.8. The molecule has 90 valence electrons. The number of anilines is 2. The Bertz CT molecular complexity index is 359. The van der Waals surface area contributed by atoms with Gasteiger partial charge in [-0.2, -0.15) is 13.2 Å². The average molecular weight is 316 g/mol. The van der Waals surface area contributed by atoms with Crippen LogP contribution >= 0.6 is 27.7 Å². The Kier molecular flexibility index (Phi) is 4.72. The fourth-order valence-corrected chi connectivity index (χ4v) is 1.72. The Balaban J connectivity index is 2.38. The molecule has 0 aliphatic rings. The third kappa shape index (κ3) is 4.93. The van der Waals surface area contributed by atoms with E-state index in [-0.39, 0.29) is 24.1 Å². The molecule has 0 unspecified atom stereocenters. The molecule has 0 saturated heterocycles. The summed E-state index contributed by atoms with van der Waals surface area (Å²) in [5.41, 5.74) is 1.81. The molecule has 0 saturated carbocycles. The van der Waals surface area contributed by atoms with Crippen LogP contribution < -0.4 is 11.1 Å². The molecule has 0 amide bonds. The first-order valence-electron chi connectivity index (χ1n) is 4.24. The minimum Gasteiger partial charge on any atom is -0.396 e. The van der Waals surface area contributed by atoms with Crippen LogP contribution in [-0.2, 0) is 0 Å². The van der Waals surface area contributed by atoms with E-state index in [4.69, 9.17) is 5.73 Å². The van der Waals surface area contributed by atoms with E-state index in [1.54, 1.807) is 6.07 Å². The number of thioether (sulfide) groups is 1. The molecule has 0 bridgehead atoms. The van der Waals surface area contributed by atoms with Crippen molar-refractivity contribution in [1.29, 1.82) is 0 Å². The predicted octanol–water partition coefficient (Wildman–Crippen LogP) is 3.09. The molecule has 3 N–H and O–H groups in total. The molecule has 1 rings (SSSR count). The summed E-state index contributed by atoms with van der Waals surface area (Å²) in [6, 6.07) is 1.63. The number of halogens is 4. The molecule has 0 aliphatic heterocycles. The SMILES string of the molecule is Nc1cc(Br)cnc1NCCSC(F)(F)F. The first kappa shape index (κ1) is 13.4. The van der Waals surface area contributed by atoms with Crippen molar-refractivity contribution in [2.75, 3.05) is 23.3 Å². The molecule has 16 heavy (non-hydrogen) atoms. The van der Waals surface area contributed by atoms with Crippen molar-refractivity contribution >= 4 is 39.2 Å². The summed E-state index contributed by atoms with van der Waals surface area (Å²) in [5.74, 6) is 0.312. The van der Waals surface area contributed by atoms with Crippen LogP contribution in [0.4, 0.5) is 24.7 Å². The molecule has 0 radical (unpaired) electrons. The highest BCUT2D eigenvalue weighted by Gasteiger charge is 2.27. The second-order valence-corrected chi connectivity index (χ2v) is 4.89. The lowest BCUT2D eigenvalue weighted by Gasteiger charge is -2.09. The zero-order chi connectivity index (χ0) is 12.2. The monoisotopic (exact) mass is 315 g/mol. The predicted molar refractivity (Wildman–Crippen MR) is 63.4 cm³/mol. The molecule has 0 atom stereocenters.